The highest BCUT2D eigenvalue weighted by Gasteiger charge is 2.26. The molecule has 1 aliphatic rings. The molecule has 0 bridgehead atoms. The van der Waals surface area contributed by atoms with E-state index < -0.39 is 5.91 Å². The van der Waals surface area contributed by atoms with Crippen LogP contribution in [0.4, 0.5) is 0 Å². The number of amides is 1. The van der Waals surface area contributed by atoms with Gasteiger partial charge in [0, 0.05) is 17.6 Å². The Labute approximate surface area is 179 Å². The third-order valence-corrected chi connectivity index (χ3v) is 6.02. The van der Waals surface area contributed by atoms with E-state index in [0.29, 0.717) is 22.5 Å². The lowest BCUT2D eigenvalue weighted by Crippen LogP contribution is -2.40. The molecule has 2 aromatic heterocycles. The molecule has 0 saturated carbocycles. The maximum Gasteiger partial charge on any atom is 0.287 e. The van der Waals surface area contributed by atoms with E-state index in [-0.39, 0.29) is 17.2 Å². The topological polar surface area (TPSA) is 75.7 Å². The van der Waals surface area contributed by atoms with Gasteiger partial charge in [0.25, 0.3) is 5.91 Å². The van der Waals surface area contributed by atoms with Gasteiger partial charge in [-0.15, -0.1) is 0 Å². The third kappa shape index (κ3) is 4.30. The van der Waals surface area contributed by atoms with Crippen molar-refractivity contribution in [3.05, 3.63) is 68.4 Å². The monoisotopic (exact) mass is 428 g/mol. The Kier molecular flexibility index (Phi) is 5.97. The molecule has 1 aromatic carbocycles. The number of hydrogen-bond acceptors (Lipinski definition) is 5. The minimum Gasteiger partial charge on any atom is -0.465 e. The van der Waals surface area contributed by atoms with Crippen LogP contribution in [0.1, 0.15) is 52.9 Å². The number of nitrogens with one attached hydrogen (secondary N) is 1. The van der Waals surface area contributed by atoms with Crippen LogP contribution in [-0.2, 0) is 0 Å². The number of carbonyl (C=O) groups is 1. The van der Waals surface area contributed by atoms with E-state index in [9.17, 15) is 9.59 Å². The molecule has 1 fully saturated rings. The molecule has 0 spiro atoms. The number of piperidine rings is 1. The first-order valence-electron chi connectivity index (χ1n) is 10.2. The van der Waals surface area contributed by atoms with Crippen molar-refractivity contribution in [3.8, 4) is 0 Å². The minimum absolute atomic E-state index is 0.0118. The SMILES string of the molecule is Cc1ccc([C@@H](CNC(=O)c2cc(=O)c3cc(Cl)c(C)cc3o2)N2CCCCC2)o1. The van der Waals surface area contributed by atoms with Crippen LogP contribution in [0.5, 0.6) is 0 Å². The molecule has 1 aliphatic heterocycles. The highest BCUT2D eigenvalue weighted by atomic mass is 35.5. The van der Waals surface area contributed by atoms with Gasteiger partial charge in [0.05, 0.1) is 11.4 Å². The maximum atomic E-state index is 12.8. The summed E-state index contributed by atoms with van der Waals surface area (Å²) in [7, 11) is 0. The third-order valence-electron chi connectivity index (χ3n) is 5.61. The summed E-state index contributed by atoms with van der Waals surface area (Å²) in [6.07, 6.45) is 3.48. The summed E-state index contributed by atoms with van der Waals surface area (Å²) in [5.41, 5.74) is 0.838. The van der Waals surface area contributed by atoms with Crippen molar-refractivity contribution in [1.29, 1.82) is 0 Å². The average molecular weight is 429 g/mol. The van der Waals surface area contributed by atoms with Gasteiger partial charge in [-0.25, -0.2) is 0 Å². The van der Waals surface area contributed by atoms with Gasteiger partial charge >= 0.3 is 0 Å². The minimum atomic E-state index is -0.424. The van der Waals surface area contributed by atoms with Gasteiger partial charge in [-0.05, 0) is 69.6 Å². The molecule has 4 rings (SSSR count). The summed E-state index contributed by atoms with van der Waals surface area (Å²) in [4.78, 5) is 27.6. The van der Waals surface area contributed by atoms with E-state index in [1.807, 2.05) is 26.0 Å². The van der Waals surface area contributed by atoms with Gasteiger partial charge in [-0.1, -0.05) is 18.0 Å². The van der Waals surface area contributed by atoms with Crippen molar-refractivity contribution in [1.82, 2.24) is 10.2 Å². The molecule has 0 radical (unpaired) electrons. The summed E-state index contributed by atoms with van der Waals surface area (Å²) in [6.45, 7) is 6.03. The van der Waals surface area contributed by atoms with Crippen molar-refractivity contribution in [2.24, 2.45) is 0 Å². The number of hydrogen-bond donors (Lipinski definition) is 1. The van der Waals surface area contributed by atoms with E-state index in [4.69, 9.17) is 20.4 Å². The summed E-state index contributed by atoms with van der Waals surface area (Å²) in [5.74, 6) is 1.24. The number of fused-ring (bicyclic) bond motifs is 1. The molecule has 1 N–H and O–H groups in total. The molecule has 3 heterocycles. The van der Waals surface area contributed by atoms with Crippen molar-refractivity contribution >= 4 is 28.5 Å². The van der Waals surface area contributed by atoms with Gasteiger partial charge in [-0.2, -0.15) is 0 Å². The van der Waals surface area contributed by atoms with E-state index in [0.717, 1.165) is 43.0 Å². The van der Waals surface area contributed by atoms with Crippen LogP contribution < -0.4 is 10.7 Å². The number of rotatable bonds is 5. The zero-order valence-corrected chi connectivity index (χ0v) is 17.9. The van der Waals surface area contributed by atoms with E-state index in [1.165, 1.54) is 12.5 Å². The average Bonchev–Trinajstić information content (AvgIpc) is 3.16. The number of benzene rings is 1. The number of likely N-dealkylation sites (tertiary alicyclic amines) is 1. The normalized spacial score (nSPS) is 16.0. The van der Waals surface area contributed by atoms with Crippen molar-refractivity contribution in [2.45, 2.75) is 39.2 Å². The zero-order chi connectivity index (χ0) is 21.3. The second-order valence-electron chi connectivity index (χ2n) is 7.84. The summed E-state index contributed by atoms with van der Waals surface area (Å²) in [6, 6.07) is 8.31. The number of aryl methyl sites for hydroxylation is 2. The standard InChI is InChI=1S/C23H25ClN2O4/c1-14-10-21-16(11-17(14)24)19(27)12-22(30-21)23(28)25-13-18(20-7-6-15(2)29-20)26-8-4-3-5-9-26/h6-7,10-12,18H,3-5,8-9,13H2,1-2H3,(H,25,28)/t18-/m1/s1. The largest absolute Gasteiger partial charge is 0.465 e. The number of nitrogens with zero attached hydrogens (tertiary/aromatic N) is 1. The van der Waals surface area contributed by atoms with Crippen molar-refractivity contribution in [2.75, 3.05) is 19.6 Å². The molecule has 6 nitrogen and oxygen atoms in total. The lowest BCUT2D eigenvalue weighted by atomic mass is 10.1. The number of halogens is 1. The van der Waals surface area contributed by atoms with Crippen molar-refractivity contribution < 1.29 is 13.6 Å². The first-order valence-corrected chi connectivity index (χ1v) is 10.6. The lowest BCUT2D eigenvalue weighted by molar-refractivity contribution is 0.0887. The summed E-state index contributed by atoms with van der Waals surface area (Å²) >= 11 is 6.11. The maximum absolute atomic E-state index is 12.8. The lowest BCUT2D eigenvalue weighted by Gasteiger charge is -2.33. The van der Waals surface area contributed by atoms with Crippen LogP contribution in [0.15, 0.2) is 44.0 Å². The summed E-state index contributed by atoms with van der Waals surface area (Å²) < 4.78 is 11.6. The Morgan fingerprint density at radius 1 is 1.13 bits per heavy atom. The smallest absolute Gasteiger partial charge is 0.287 e. The fourth-order valence-corrected chi connectivity index (χ4v) is 4.10. The second kappa shape index (κ2) is 8.66. The Bertz CT molecular complexity index is 1130. The van der Waals surface area contributed by atoms with E-state index in [2.05, 4.69) is 10.2 Å². The van der Waals surface area contributed by atoms with Crippen LogP contribution in [0.2, 0.25) is 5.02 Å². The molecular weight excluding hydrogens is 404 g/mol. The Morgan fingerprint density at radius 2 is 1.90 bits per heavy atom. The molecule has 3 aromatic rings. The van der Waals surface area contributed by atoms with Crippen LogP contribution in [0, 0.1) is 13.8 Å². The highest BCUT2D eigenvalue weighted by molar-refractivity contribution is 6.32. The van der Waals surface area contributed by atoms with Crippen molar-refractivity contribution in [3.63, 3.8) is 0 Å². The molecule has 1 amide bonds. The van der Waals surface area contributed by atoms with Gasteiger partial charge < -0.3 is 14.2 Å². The highest BCUT2D eigenvalue weighted by Crippen LogP contribution is 2.26. The fourth-order valence-electron chi connectivity index (χ4n) is 3.94. The van der Waals surface area contributed by atoms with Crippen LogP contribution in [0.3, 0.4) is 0 Å². The first kappa shape index (κ1) is 20.7. The number of furan rings is 1. The zero-order valence-electron chi connectivity index (χ0n) is 17.2. The molecule has 1 atom stereocenters. The van der Waals surface area contributed by atoms with Gasteiger partial charge in [0.2, 0.25) is 0 Å². The Morgan fingerprint density at radius 3 is 2.60 bits per heavy atom. The molecule has 30 heavy (non-hydrogen) atoms. The predicted molar refractivity (Wildman–Crippen MR) is 116 cm³/mol. The van der Waals surface area contributed by atoms with Crippen LogP contribution in [-0.4, -0.2) is 30.4 Å². The van der Waals surface area contributed by atoms with Crippen LogP contribution in [0.25, 0.3) is 11.0 Å². The quantitative estimate of drug-likeness (QED) is 0.642. The fraction of sp³-hybridized carbons (Fsp3) is 0.391. The van der Waals surface area contributed by atoms with Gasteiger partial charge in [-0.3, -0.25) is 14.5 Å². The molecular formula is C23H25ClN2O4. The van der Waals surface area contributed by atoms with Crippen LogP contribution >= 0.6 is 11.6 Å². The molecule has 0 aliphatic carbocycles. The molecule has 7 heteroatoms. The first-order chi connectivity index (χ1) is 14.4. The predicted octanol–water partition coefficient (Wildman–Crippen LogP) is 4.61. The second-order valence-corrected chi connectivity index (χ2v) is 8.25. The van der Waals surface area contributed by atoms with E-state index >= 15 is 0 Å². The summed E-state index contributed by atoms with van der Waals surface area (Å²) in [5, 5.41) is 3.77. The Hall–Kier alpha value is -2.57. The molecule has 1 saturated heterocycles. The Balaban J connectivity index is 1.56. The van der Waals surface area contributed by atoms with Gasteiger partial charge in [0.1, 0.15) is 17.1 Å². The molecule has 158 valence electrons. The van der Waals surface area contributed by atoms with Gasteiger partial charge in [0.15, 0.2) is 11.2 Å². The van der Waals surface area contributed by atoms with E-state index in [1.54, 1.807) is 12.1 Å². The molecule has 0 unspecified atom stereocenters. The number of carbonyl (C=O) groups excluding carboxylic acids is 1.